The number of anilines is 2. The second-order valence-electron chi connectivity index (χ2n) is 4.23. The van der Waals surface area contributed by atoms with Crippen molar-refractivity contribution in [3.63, 3.8) is 0 Å². The number of hydrogen-bond acceptors (Lipinski definition) is 3. The molecule has 0 amide bonds. The fourth-order valence-electron chi connectivity index (χ4n) is 1.56. The van der Waals surface area contributed by atoms with Crippen LogP contribution >= 0.6 is 34.2 Å². The van der Waals surface area contributed by atoms with Crippen LogP contribution in [0, 0.1) is 10.5 Å². The third kappa shape index (κ3) is 3.36. The lowest BCUT2D eigenvalue weighted by Crippen LogP contribution is -2.13. The molecular weight excluding hydrogens is 411 g/mol. The van der Waals surface area contributed by atoms with Gasteiger partial charge in [0.15, 0.2) is 0 Å². The van der Waals surface area contributed by atoms with Crippen molar-refractivity contribution in [1.29, 1.82) is 0 Å². The van der Waals surface area contributed by atoms with Crippen LogP contribution in [0.1, 0.15) is 5.56 Å². The molecule has 0 heterocycles. The van der Waals surface area contributed by atoms with Crippen molar-refractivity contribution >= 4 is 55.6 Å². The molecule has 0 spiro atoms. The minimum atomic E-state index is -3.70. The molecule has 0 unspecified atom stereocenters. The average molecular weight is 423 g/mol. The summed E-state index contributed by atoms with van der Waals surface area (Å²) >= 11 is 8.12. The Kier molecular flexibility index (Phi) is 4.46. The molecule has 0 atom stereocenters. The van der Waals surface area contributed by atoms with Gasteiger partial charge in [-0.2, -0.15) is 0 Å². The summed E-state index contributed by atoms with van der Waals surface area (Å²) in [5, 5.41) is 0.327. The fraction of sp³-hybridized carbons (Fsp3) is 0.0769. The van der Waals surface area contributed by atoms with Gasteiger partial charge in [-0.3, -0.25) is 4.72 Å². The molecule has 0 saturated heterocycles. The quantitative estimate of drug-likeness (QED) is 0.586. The number of halogens is 2. The summed E-state index contributed by atoms with van der Waals surface area (Å²) in [6, 6.07) is 9.80. The first-order chi connectivity index (χ1) is 9.29. The molecule has 2 aromatic carbocycles. The first kappa shape index (κ1) is 15.4. The van der Waals surface area contributed by atoms with Crippen LogP contribution in [0.25, 0.3) is 0 Å². The predicted octanol–water partition coefficient (Wildman–Crippen LogP) is 3.64. The zero-order valence-electron chi connectivity index (χ0n) is 10.5. The molecule has 20 heavy (non-hydrogen) atoms. The van der Waals surface area contributed by atoms with Crippen LogP contribution in [0.15, 0.2) is 41.3 Å². The minimum Gasteiger partial charge on any atom is -0.398 e. The van der Waals surface area contributed by atoms with Crippen molar-refractivity contribution in [2.45, 2.75) is 11.8 Å². The van der Waals surface area contributed by atoms with Gasteiger partial charge in [0, 0.05) is 20.0 Å². The van der Waals surface area contributed by atoms with Crippen molar-refractivity contribution in [3.05, 3.63) is 50.6 Å². The number of sulfonamides is 1. The summed E-state index contributed by atoms with van der Waals surface area (Å²) in [6.45, 7) is 1.74. The summed E-state index contributed by atoms with van der Waals surface area (Å²) in [7, 11) is -3.70. The van der Waals surface area contributed by atoms with E-state index in [9.17, 15) is 8.42 Å². The summed E-state index contributed by atoms with van der Waals surface area (Å²) in [5.74, 6) is 0. The first-order valence-electron chi connectivity index (χ1n) is 5.63. The maximum Gasteiger partial charge on any atom is 0.262 e. The molecule has 106 valence electrons. The molecule has 0 aliphatic rings. The summed E-state index contributed by atoms with van der Waals surface area (Å²) in [4.78, 5) is 0.0455. The Hall–Kier alpha value is -0.990. The molecule has 2 rings (SSSR count). The van der Waals surface area contributed by atoms with E-state index in [0.29, 0.717) is 22.0 Å². The smallest absolute Gasteiger partial charge is 0.262 e. The number of nitrogen functional groups attached to an aromatic ring is 1. The van der Waals surface area contributed by atoms with E-state index < -0.39 is 10.0 Å². The Bertz CT molecular complexity index is 722. The van der Waals surface area contributed by atoms with Crippen molar-refractivity contribution < 1.29 is 8.42 Å². The first-order valence-corrected chi connectivity index (χ1v) is 8.57. The van der Waals surface area contributed by atoms with Crippen LogP contribution in [-0.2, 0) is 10.0 Å². The van der Waals surface area contributed by atoms with Crippen molar-refractivity contribution in [2.75, 3.05) is 10.5 Å². The van der Waals surface area contributed by atoms with E-state index in [0.717, 1.165) is 3.57 Å². The fourth-order valence-corrected chi connectivity index (χ4v) is 3.33. The van der Waals surface area contributed by atoms with Gasteiger partial charge in [-0.1, -0.05) is 11.6 Å². The molecular formula is C13H12ClIN2O2S. The number of hydrogen-bond donors (Lipinski definition) is 2. The third-order valence-electron chi connectivity index (χ3n) is 2.76. The van der Waals surface area contributed by atoms with E-state index in [4.69, 9.17) is 17.3 Å². The van der Waals surface area contributed by atoms with Crippen LogP contribution in [0.3, 0.4) is 0 Å². The van der Waals surface area contributed by atoms with Crippen LogP contribution in [0.2, 0.25) is 5.02 Å². The Labute approximate surface area is 136 Å². The standard InChI is InChI=1S/C13H12ClIN2O2S/c1-8-12(14)6-11(7-13(8)16)20(18,19)17-10-4-2-9(15)3-5-10/h2-7,17H,16H2,1H3. The van der Waals surface area contributed by atoms with Gasteiger partial charge in [0.25, 0.3) is 10.0 Å². The molecule has 0 aliphatic carbocycles. The molecule has 3 N–H and O–H groups in total. The molecule has 7 heteroatoms. The summed E-state index contributed by atoms with van der Waals surface area (Å²) in [5.41, 5.74) is 7.25. The van der Waals surface area contributed by atoms with Gasteiger partial charge < -0.3 is 5.73 Å². The van der Waals surface area contributed by atoms with Gasteiger partial charge in [-0.05, 0) is 71.5 Å². The van der Waals surface area contributed by atoms with E-state index >= 15 is 0 Å². The van der Waals surface area contributed by atoms with Gasteiger partial charge in [0.05, 0.1) is 4.90 Å². The summed E-state index contributed by atoms with van der Waals surface area (Å²) in [6.07, 6.45) is 0. The molecule has 0 bridgehead atoms. The normalized spacial score (nSPS) is 11.3. The van der Waals surface area contributed by atoms with Crippen LogP contribution in [-0.4, -0.2) is 8.42 Å². The Morgan fingerprint density at radius 2 is 1.80 bits per heavy atom. The molecule has 0 fully saturated rings. The highest BCUT2D eigenvalue weighted by atomic mass is 127. The maximum absolute atomic E-state index is 12.3. The van der Waals surface area contributed by atoms with E-state index in [2.05, 4.69) is 27.3 Å². The van der Waals surface area contributed by atoms with Crippen molar-refractivity contribution in [1.82, 2.24) is 0 Å². The molecule has 0 radical (unpaired) electrons. The Morgan fingerprint density at radius 3 is 2.35 bits per heavy atom. The van der Waals surface area contributed by atoms with E-state index in [1.807, 2.05) is 12.1 Å². The highest BCUT2D eigenvalue weighted by Crippen LogP contribution is 2.27. The van der Waals surface area contributed by atoms with E-state index in [1.54, 1.807) is 19.1 Å². The van der Waals surface area contributed by atoms with Gasteiger partial charge in [-0.25, -0.2) is 8.42 Å². The topological polar surface area (TPSA) is 72.2 Å². The lowest BCUT2D eigenvalue weighted by molar-refractivity contribution is 0.601. The van der Waals surface area contributed by atoms with Crippen LogP contribution in [0.5, 0.6) is 0 Å². The van der Waals surface area contributed by atoms with Gasteiger partial charge in [-0.15, -0.1) is 0 Å². The van der Waals surface area contributed by atoms with Gasteiger partial charge in [0.2, 0.25) is 0 Å². The average Bonchev–Trinajstić information content (AvgIpc) is 2.38. The number of nitrogens with two attached hydrogens (primary N) is 1. The number of nitrogens with one attached hydrogen (secondary N) is 1. The largest absolute Gasteiger partial charge is 0.398 e. The maximum atomic E-state index is 12.3. The zero-order chi connectivity index (χ0) is 14.9. The van der Waals surface area contributed by atoms with E-state index in [1.165, 1.54) is 12.1 Å². The minimum absolute atomic E-state index is 0.0455. The monoisotopic (exact) mass is 422 g/mol. The molecule has 0 aromatic heterocycles. The van der Waals surface area contributed by atoms with E-state index in [-0.39, 0.29) is 4.90 Å². The highest BCUT2D eigenvalue weighted by molar-refractivity contribution is 14.1. The Balaban J connectivity index is 2.38. The lowest BCUT2D eigenvalue weighted by Gasteiger charge is -2.11. The van der Waals surface area contributed by atoms with Gasteiger partial charge in [0.1, 0.15) is 0 Å². The predicted molar refractivity (Wildman–Crippen MR) is 90.6 cm³/mol. The third-order valence-corrected chi connectivity index (χ3v) is 5.24. The lowest BCUT2D eigenvalue weighted by atomic mass is 10.2. The van der Waals surface area contributed by atoms with Crippen molar-refractivity contribution in [3.8, 4) is 0 Å². The Morgan fingerprint density at radius 1 is 1.20 bits per heavy atom. The van der Waals surface area contributed by atoms with Crippen LogP contribution in [0.4, 0.5) is 11.4 Å². The van der Waals surface area contributed by atoms with Crippen molar-refractivity contribution in [2.24, 2.45) is 0 Å². The molecule has 4 nitrogen and oxygen atoms in total. The second kappa shape index (κ2) is 5.79. The molecule has 2 aromatic rings. The van der Waals surface area contributed by atoms with Crippen LogP contribution < -0.4 is 10.5 Å². The molecule has 0 aliphatic heterocycles. The number of rotatable bonds is 3. The second-order valence-corrected chi connectivity index (χ2v) is 7.57. The number of benzene rings is 2. The summed E-state index contributed by atoms with van der Waals surface area (Å²) < 4.78 is 28.1. The molecule has 0 saturated carbocycles. The van der Waals surface area contributed by atoms with Gasteiger partial charge >= 0.3 is 0 Å². The SMILES string of the molecule is Cc1c(N)cc(S(=O)(=O)Nc2ccc(I)cc2)cc1Cl. The zero-order valence-corrected chi connectivity index (χ0v) is 14.3. The highest BCUT2D eigenvalue weighted by Gasteiger charge is 2.17.